The first-order valence-corrected chi connectivity index (χ1v) is 41.2. The highest BCUT2D eigenvalue weighted by atomic mass is 79.9. The van der Waals surface area contributed by atoms with E-state index in [0.717, 1.165) is 89.8 Å². The lowest BCUT2D eigenvalue weighted by Crippen LogP contribution is -2.70. The molecule has 599 valence electrons. The van der Waals surface area contributed by atoms with Gasteiger partial charge in [0, 0.05) is 93.3 Å². The number of aldehydes is 1. The summed E-state index contributed by atoms with van der Waals surface area (Å²) in [6.07, 6.45) is 25.9. The van der Waals surface area contributed by atoms with Gasteiger partial charge in [0.2, 0.25) is 22.8 Å². The second-order valence-corrected chi connectivity index (χ2v) is 34.6. The maximum absolute atomic E-state index is 10.6. The predicted molar refractivity (Wildman–Crippen MR) is 498 cm³/mol. The van der Waals surface area contributed by atoms with Crippen molar-refractivity contribution in [3.8, 4) is 22.3 Å². The summed E-state index contributed by atoms with van der Waals surface area (Å²) in [5.41, 5.74) is 46.7. The maximum Gasteiger partial charge on any atom is 0.553 e. The Morgan fingerprint density at radius 2 is 0.882 bits per heavy atom. The first-order valence-electron chi connectivity index (χ1n) is 40.4. The summed E-state index contributed by atoms with van der Waals surface area (Å²) >= 11 is 4.12. The highest BCUT2D eigenvalue weighted by Gasteiger charge is 2.72. The summed E-state index contributed by atoms with van der Waals surface area (Å²) in [6, 6.07) is 52.7. The molecule has 7 aromatic heterocycles. The molecule has 13 nitrogen and oxygen atoms in total. The van der Waals surface area contributed by atoms with E-state index in [2.05, 4.69) is 313 Å². The molecule has 9 aliphatic rings. The van der Waals surface area contributed by atoms with E-state index in [1.165, 1.54) is 170 Å². The summed E-state index contributed by atoms with van der Waals surface area (Å²) in [5.74, 6) is -0.664. The van der Waals surface area contributed by atoms with Gasteiger partial charge in [-0.15, -0.1) is 0 Å². The molecule has 1 saturated heterocycles. The molecule has 15 heteroatoms. The van der Waals surface area contributed by atoms with Gasteiger partial charge in [0.1, 0.15) is 0 Å². The van der Waals surface area contributed by atoms with Crippen molar-refractivity contribution in [1.82, 2.24) is 39.0 Å². The third kappa shape index (κ3) is 14.1. The number of nitrogens with zero attached hydrogens (tertiary/aromatic N) is 6. The van der Waals surface area contributed by atoms with Crippen LogP contribution in [0.4, 0.5) is 0 Å². The van der Waals surface area contributed by atoms with Crippen LogP contribution in [0.15, 0.2) is 198 Å². The summed E-state index contributed by atoms with van der Waals surface area (Å²) in [4.78, 5) is 34.5. The summed E-state index contributed by atoms with van der Waals surface area (Å²) < 4.78 is 21.9. The minimum Gasteiger partial charge on any atom is -0.405 e. The number of H-pyrrole nitrogens is 4. The molecule has 1 fully saturated rings. The Hall–Kier alpha value is -12.0. The fourth-order valence-electron chi connectivity index (χ4n) is 19.1. The molecule has 8 bridgehead atoms. The molecule has 1 atom stereocenters. The van der Waals surface area contributed by atoms with E-state index in [0.29, 0.717) is 0 Å². The minimum atomic E-state index is -0.664. The number of aromatic amines is 4. The first kappa shape index (κ1) is 82.1. The van der Waals surface area contributed by atoms with E-state index in [1.54, 1.807) is 0 Å². The van der Waals surface area contributed by atoms with E-state index in [-0.39, 0.29) is 26.1 Å². The number of carbonyl (C=O) groups excluding carboxylic acids is 1. The van der Waals surface area contributed by atoms with E-state index < -0.39 is 5.91 Å². The van der Waals surface area contributed by atoms with Gasteiger partial charge < -0.3 is 29.2 Å². The molecule has 0 aliphatic carbocycles. The molecule has 119 heavy (non-hydrogen) atoms. The summed E-state index contributed by atoms with van der Waals surface area (Å²) in [7, 11) is 1.42. The number of rotatable bonds is 7. The fraction of sp³-hybridized carbons (Fsp3) is 0.240. The van der Waals surface area contributed by atoms with Crippen LogP contribution >= 0.6 is 15.9 Å². The number of aryl methyl sites for hydroxylation is 15. The van der Waals surface area contributed by atoms with E-state index in [1.807, 2.05) is 85.1 Å². The van der Waals surface area contributed by atoms with Crippen molar-refractivity contribution >= 4 is 105 Å². The van der Waals surface area contributed by atoms with Crippen LogP contribution < -0.4 is 10.7 Å². The molecular formula is C104H107BBrN10O3+2. The third-order valence-electron chi connectivity index (χ3n) is 24.4. The van der Waals surface area contributed by atoms with Gasteiger partial charge >= 0.3 is 13.6 Å². The van der Waals surface area contributed by atoms with Crippen molar-refractivity contribution < 1.29 is 23.3 Å². The molecular weight excluding hydrogens is 1530 g/mol. The summed E-state index contributed by atoms with van der Waals surface area (Å²) in [6.45, 7) is 40.5. The molecule has 1 unspecified atom stereocenters. The van der Waals surface area contributed by atoms with Gasteiger partial charge in [-0.05, 0) is 341 Å². The highest BCUT2D eigenvalue weighted by molar-refractivity contribution is 9.12. The molecule has 1 spiro atoms. The Morgan fingerprint density at radius 1 is 0.445 bits per heavy atom. The molecule has 5 aromatic carbocycles. The normalized spacial score (nSPS) is 16.3. The monoisotopic (exact) mass is 1630 g/mol. The third-order valence-corrected chi connectivity index (χ3v) is 25.2. The van der Waals surface area contributed by atoms with Gasteiger partial charge in [0.05, 0.1) is 67.2 Å². The van der Waals surface area contributed by atoms with Crippen LogP contribution in [0.5, 0.6) is 0 Å². The van der Waals surface area contributed by atoms with Gasteiger partial charge in [0.15, 0.2) is 10.8 Å². The van der Waals surface area contributed by atoms with Crippen molar-refractivity contribution in [3.05, 3.63) is 355 Å². The van der Waals surface area contributed by atoms with Crippen molar-refractivity contribution in [2.45, 2.75) is 170 Å². The number of carbonyl (C=O) groups is 1. The van der Waals surface area contributed by atoms with Crippen LogP contribution in [-0.2, 0) is 21.6 Å². The Balaban J connectivity index is 0.000000135. The second kappa shape index (κ2) is 31.4. The molecule has 12 aromatic rings. The van der Waals surface area contributed by atoms with Gasteiger partial charge in [-0.1, -0.05) is 112 Å². The fourth-order valence-corrected chi connectivity index (χ4v) is 19.7. The van der Waals surface area contributed by atoms with Crippen molar-refractivity contribution in [1.29, 1.82) is 0 Å². The average molecular weight is 1640 g/mol. The molecule has 0 amide bonds. The van der Waals surface area contributed by atoms with Crippen molar-refractivity contribution in [2.24, 2.45) is 0 Å². The Morgan fingerprint density at radius 3 is 1.34 bits per heavy atom. The lowest BCUT2D eigenvalue weighted by Gasteiger charge is -2.40. The van der Waals surface area contributed by atoms with Crippen LogP contribution in [-0.4, -0.2) is 84.8 Å². The van der Waals surface area contributed by atoms with Gasteiger partial charge in [-0.3, -0.25) is 4.79 Å². The van der Waals surface area contributed by atoms with E-state index in [9.17, 15) is 4.79 Å². The van der Waals surface area contributed by atoms with Crippen LogP contribution in [0, 0.1) is 104 Å². The Bertz CT molecular complexity index is 6580. The number of nitrogens with one attached hydrogen (secondary N) is 4. The van der Waals surface area contributed by atoms with Crippen LogP contribution in [0.1, 0.15) is 193 Å². The predicted octanol–water partition coefficient (Wildman–Crippen LogP) is 22.6. The number of fused-ring (bicyclic) bond motifs is 8. The smallest absolute Gasteiger partial charge is 0.405 e. The number of hydrogen-bond donors (Lipinski definition) is 4. The topological polar surface area (TPSA) is 140 Å². The summed E-state index contributed by atoms with van der Waals surface area (Å²) in [5, 5.41) is 2.47. The van der Waals surface area contributed by atoms with Crippen LogP contribution in [0.3, 0.4) is 0 Å². The van der Waals surface area contributed by atoms with E-state index in [4.69, 9.17) is 19.3 Å². The number of aromatic nitrogens is 8. The zero-order valence-electron chi connectivity index (χ0n) is 70.4. The maximum atomic E-state index is 10.6. The van der Waals surface area contributed by atoms with Crippen LogP contribution in [0.2, 0.25) is 0 Å². The molecule has 16 heterocycles. The number of allylic oxidation sites excluding steroid dienone is 5. The molecule has 4 N–H and O–H groups in total. The van der Waals surface area contributed by atoms with Crippen molar-refractivity contribution in [3.63, 3.8) is 0 Å². The average Bonchev–Trinajstić information content (AvgIpc) is 1.51. The zero-order valence-corrected chi connectivity index (χ0v) is 71.9. The van der Waals surface area contributed by atoms with Gasteiger partial charge in [-0.25, -0.2) is 9.97 Å². The molecule has 0 saturated carbocycles. The largest absolute Gasteiger partial charge is 0.553 e. The number of benzene rings is 5. The standard InChI is InChI=1S/C39H31BrN4.C38H34N4.C10H12O.C9H10N2.C6H12BO2.2CH4/c1-20-15-22(3)34(23(4)16-20)36-28-9-7-26-19-27-8-10-29-37(35-24(5)17-21(2)18-25(35)6)31-12-14-33-38(40)32-13-11-30(36)43(32)39(41(26)28,42(27)29)44(31)33;1-21-15-23(3)35(24(4)16-21)37-31-11-7-27(39-31)19-29-9-13-33(41-29)38(36-25(5)17-22(2)18-26(36)6)34-14-10-30(42-34)20-28-8-12-32(37)40-28;1-7-4-8(2)10(6-11)9(3)5-7;1-3-8(10-5-1)7-9-4-2-6-11-9;1-5(2)6(3,4)9-7-8-5;;/h7-19H,1-6H3;7-20,39-40H,1-6H3;4-6H,1-3H3;1-6,10-11H,7H2;1-4H3;2*1H4/q+2;;;;;;. The zero-order chi connectivity index (χ0) is 82.2. The second-order valence-electron chi connectivity index (χ2n) is 33.8. The Kier molecular flexibility index (Phi) is 21.6. The lowest BCUT2D eigenvalue weighted by atomic mass is 9.88. The minimum absolute atomic E-state index is 0. The van der Waals surface area contributed by atoms with Crippen molar-refractivity contribution in [2.75, 3.05) is 0 Å². The SMILES string of the molecule is C.C.CC1(C)O[B]OC1(C)C.Cc1cc(C)c(-c2c3nc(cc4ccc([nH]4)c(-c4c(C)cc(C)cc4C)c4ccc(cc5nc2C=C5)[nH]4)C=C3)c(C)c1.Cc1cc(C)c(C2=C3C=CC4=[N+]3C35n6c(ccc62)C=c2ccc(n23)=C(c2c(C)cc(C)cc2C)C2=[N+]5C(=C4Br)C=C2)c(C)c1.Cc1cc(C)c(C=O)c(C)c1.c1c[nH]c(Cc2ccc[nH]2)c1. The lowest BCUT2D eigenvalue weighted by molar-refractivity contribution is -0.836. The van der Waals surface area contributed by atoms with Gasteiger partial charge in [-0.2, -0.15) is 9.13 Å². The highest BCUT2D eigenvalue weighted by Crippen LogP contribution is 2.52. The number of halogens is 1. The quantitative estimate of drug-likeness (QED) is 0.0715. The first-order chi connectivity index (χ1) is 56.0. The number of hydrogen-bond acceptors (Lipinski definition) is 5. The van der Waals surface area contributed by atoms with Gasteiger partial charge in [0.25, 0.3) is 0 Å². The molecule has 1 radical (unpaired) electrons. The molecule has 9 aliphatic heterocycles. The van der Waals surface area contributed by atoms with Crippen LogP contribution in [0.25, 0.3) is 85.8 Å². The Labute approximate surface area is 709 Å². The van der Waals surface area contributed by atoms with E-state index >= 15 is 0 Å². The molecule has 21 rings (SSSR count).